The first-order valence-electron chi connectivity index (χ1n) is 7.81. The summed E-state index contributed by atoms with van der Waals surface area (Å²) >= 11 is 0. The zero-order valence-corrected chi connectivity index (χ0v) is 12.9. The van der Waals surface area contributed by atoms with Crippen LogP contribution in [0.2, 0.25) is 0 Å². The molecule has 2 amide bonds. The normalized spacial score (nSPS) is 22.1. The lowest BCUT2D eigenvalue weighted by Gasteiger charge is -2.36. The summed E-state index contributed by atoms with van der Waals surface area (Å²) in [6, 6.07) is -0.743. The lowest BCUT2D eigenvalue weighted by atomic mass is 9.97. The van der Waals surface area contributed by atoms with E-state index in [-0.39, 0.29) is 18.0 Å². The minimum atomic E-state index is -0.947. The summed E-state index contributed by atoms with van der Waals surface area (Å²) < 4.78 is 0. The monoisotopic (exact) mass is 284 g/mol. The molecule has 3 atom stereocenters. The molecule has 1 aliphatic rings. The van der Waals surface area contributed by atoms with Gasteiger partial charge in [-0.15, -0.1) is 0 Å². The van der Waals surface area contributed by atoms with Gasteiger partial charge in [-0.05, 0) is 31.6 Å². The molecule has 0 aromatic carbocycles. The van der Waals surface area contributed by atoms with Crippen molar-refractivity contribution in [3.8, 4) is 0 Å². The van der Waals surface area contributed by atoms with Crippen molar-refractivity contribution in [2.75, 3.05) is 6.54 Å². The third-order valence-electron chi connectivity index (χ3n) is 4.27. The number of carboxylic acid groups (broad SMARTS) is 1. The van der Waals surface area contributed by atoms with Gasteiger partial charge in [0.2, 0.25) is 0 Å². The highest BCUT2D eigenvalue weighted by Crippen LogP contribution is 2.21. The molecule has 0 aromatic heterocycles. The van der Waals surface area contributed by atoms with E-state index < -0.39 is 12.0 Å². The average molecular weight is 284 g/mol. The molecule has 0 aromatic rings. The summed E-state index contributed by atoms with van der Waals surface area (Å²) in [6.45, 7) is 6.65. The van der Waals surface area contributed by atoms with Crippen LogP contribution in [-0.4, -0.2) is 40.6 Å². The summed E-state index contributed by atoms with van der Waals surface area (Å²) in [5.41, 5.74) is 0. The molecule has 1 heterocycles. The number of hydrogen-bond donors (Lipinski definition) is 2. The first-order valence-corrected chi connectivity index (χ1v) is 7.81. The molecule has 1 rings (SSSR count). The van der Waals surface area contributed by atoms with E-state index in [2.05, 4.69) is 12.2 Å². The minimum Gasteiger partial charge on any atom is -0.480 e. The first-order chi connectivity index (χ1) is 9.51. The van der Waals surface area contributed by atoms with Gasteiger partial charge in [0.15, 0.2) is 0 Å². The van der Waals surface area contributed by atoms with Crippen molar-refractivity contribution in [3.05, 3.63) is 0 Å². The maximum Gasteiger partial charge on any atom is 0.326 e. The number of carbonyl (C=O) groups excluding carboxylic acids is 1. The molecule has 5 nitrogen and oxygen atoms in total. The lowest BCUT2D eigenvalue weighted by Crippen LogP contribution is -2.54. The SMILES string of the molecule is CCCC1CCCCN1C(=O)NC(C(=O)O)C(C)CC. The zero-order chi connectivity index (χ0) is 15.1. The highest BCUT2D eigenvalue weighted by atomic mass is 16.4. The Kier molecular flexibility index (Phi) is 6.82. The van der Waals surface area contributed by atoms with E-state index in [0.717, 1.165) is 45.1 Å². The van der Waals surface area contributed by atoms with Gasteiger partial charge < -0.3 is 15.3 Å². The van der Waals surface area contributed by atoms with E-state index in [1.807, 2.05) is 18.7 Å². The van der Waals surface area contributed by atoms with E-state index in [9.17, 15) is 14.7 Å². The maximum absolute atomic E-state index is 12.4. The Balaban J connectivity index is 2.68. The number of nitrogens with one attached hydrogen (secondary N) is 1. The fourth-order valence-corrected chi connectivity index (χ4v) is 2.80. The van der Waals surface area contributed by atoms with E-state index >= 15 is 0 Å². The minimum absolute atomic E-state index is 0.0640. The summed E-state index contributed by atoms with van der Waals surface area (Å²) in [5, 5.41) is 12.0. The summed E-state index contributed by atoms with van der Waals surface area (Å²) in [7, 11) is 0. The second-order valence-electron chi connectivity index (χ2n) is 5.78. The highest BCUT2D eigenvalue weighted by molar-refractivity contribution is 5.83. The Morgan fingerprint density at radius 1 is 1.35 bits per heavy atom. The van der Waals surface area contributed by atoms with Crippen molar-refractivity contribution < 1.29 is 14.7 Å². The number of amides is 2. The van der Waals surface area contributed by atoms with Crippen LogP contribution in [0, 0.1) is 5.92 Å². The van der Waals surface area contributed by atoms with Gasteiger partial charge in [0.05, 0.1) is 0 Å². The molecule has 1 fully saturated rings. The van der Waals surface area contributed by atoms with Gasteiger partial charge in [-0.1, -0.05) is 33.6 Å². The van der Waals surface area contributed by atoms with Gasteiger partial charge in [-0.3, -0.25) is 0 Å². The highest BCUT2D eigenvalue weighted by Gasteiger charge is 2.31. The van der Waals surface area contributed by atoms with E-state index in [1.54, 1.807) is 0 Å². The standard InChI is InChI=1S/C15H28N2O3/c1-4-8-12-9-6-7-10-17(12)15(20)16-13(14(18)19)11(3)5-2/h11-13H,4-10H2,1-3H3,(H,16,20)(H,18,19). The van der Waals surface area contributed by atoms with Crippen molar-refractivity contribution in [1.29, 1.82) is 0 Å². The van der Waals surface area contributed by atoms with Gasteiger partial charge in [-0.25, -0.2) is 9.59 Å². The van der Waals surface area contributed by atoms with Gasteiger partial charge in [0.25, 0.3) is 0 Å². The summed E-state index contributed by atoms with van der Waals surface area (Å²) in [6.07, 6.45) is 5.96. The molecular weight excluding hydrogens is 256 g/mol. The second-order valence-corrected chi connectivity index (χ2v) is 5.78. The van der Waals surface area contributed by atoms with Crippen LogP contribution in [0.4, 0.5) is 4.79 Å². The van der Waals surface area contributed by atoms with E-state index in [0.29, 0.717) is 0 Å². The van der Waals surface area contributed by atoms with Crippen LogP contribution in [-0.2, 0) is 4.79 Å². The number of rotatable bonds is 6. The Hall–Kier alpha value is -1.26. The number of hydrogen-bond acceptors (Lipinski definition) is 2. The topological polar surface area (TPSA) is 69.6 Å². The molecule has 5 heteroatoms. The van der Waals surface area contributed by atoms with E-state index in [4.69, 9.17) is 0 Å². The molecule has 0 bridgehead atoms. The van der Waals surface area contributed by atoms with Crippen molar-refractivity contribution in [3.63, 3.8) is 0 Å². The molecule has 0 aliphatic carbocycles. The number of likely N-dealkylation sites (tertiary alicyclic amines) is 1. The van der Waals surface area contributed by atoms with Crippen LogP contribution < -0.4 is 5.32 Å². The van der Waals surface area contributed by atoms with Gasteiger partial charge >= 0.3 is 12.0 Å². The van der Waals surface area contributed by atoms with Crippen molar-refractivity contribution in [2.45, 2.75) is 71.4 Å². The van der Waals surface area contributed by atoms with E-state index in [1.165, 1.54) is 0 Å². The second kappa shape index (κ2) is 8.12. The van der Waals surface area contributed by atoms with Gasteiger partial charge in [0.1, 0.15) is 6.04 Å². The first kappa shape index (κ1) is 16.8. The van der Waals surface area contributed by atoms with Crippen LogP contribution in [0.5, 0.6) is 0 Å². The Morgan fingerprint density at radius 3 is 2.60 bits per heavy atom. The van der Waals surface area contributed by atoms with Crippen LogP contribution in [0.1, 0.15) is 59.3 Å². The largest absolute Gasteiger partial charge is 0.480 e. The molecule has 116 valence electrons. The van der Waals surface area contributed by atoms with Gasteiger partial charge in [0, 0.05) is 12.6 Å². The third-order valence-corrected chi connectivity index (χ3v) is 4.27. The molecule has 1 aliphatic heterocycles. The number of urea groups is 1. The zero-order valence-electron chi connectivity index (χ0n) is 12.9. The molecule has 1 saturated heterocycles. The number of piperidine rings is 1. The lowest BCUT2D eigenvalue weighted by molar-refractivity contribution is -0.140. The number of carboxylic acids is 1. The predicted molar refractivity (Wildman–Crippen MR) is 78.7 cm³/mol. The number of carbonyl (C=O) groups is 2. The average Bonchev–Trinajstić information content (AvgIpc) is 2.44. The summed E-state index contributed by atoms with van der Waals surface area (Å²) in [5.74, 6) is -1.01. The van der Waals surface area contributed by atoms with Gasteiger partial charge in [-0.2, -0.15) is 0 Å². The van der Waals surface area contributed by atoms with Crippen LogP contribution >= 0.6 is 0 Å². The smallest absolute Gasteiger partial charge is 0.326 e. The van der Waals surface area contributed by atoms with Crippen molar-refractivity contribution in [2.24, 2.45) is 5.92 Å². The van der Waals surface area contributed by atoms with Crippen LogP contribution in [0.3, 0.4) is 0 Å². The Morgan fingerprint density at radius 2 is 2.05 bits per heavy atom. The molecule has 3 unspecified atom stereocenters. The summed E-state index contributed by atoms with van der Waals surface area (Å²) in [4.78, 5) is 25.5. The van der Waals surface area contributed by atoms with Crippen molar-refractivity contribution in [1.82, 2.24) is 10.2 Å². The maximum atomic E-state index is 12.4. The van der Waals surface area contributed by atoms with Crippen LogP contribution in [0.15, 0.2) is 0 Å². The predicted octanol–water partition coefficient (Wildman–Crippen LogP) is 2.85. The molecule has 2 N–H and O–H groups in total. The fourth-order valence-electron chi connectivity index (χ4n) is 2.80. The molecule has 0 radical (unpaired) electrons. The number of nitrogens with zero attached hydrogens (tertiary/aromatic N) is 1. The van der Waals surface area contributed by atoms with Crippen LogP contribution in [0.25, 0.3) is 0 Å². The molecule has 0 spiro atoms. The quantitative estimate of drug-likeness (QED) is 0.788. The fraction of sp³-hybridized carbons (Fsp3) is 0.867. The molecule has 0 saturated carbocycles. The third kappa shape index (κ3) is 4.39. The molecular formula is C15H28N2O3. The Bertz CT molecular complexity index is 331. The Labute approximate surface area is 121 Å². The van der Waals surface area contributed by atoms with Crippen molar-refractivity contribution >= 4 is 12.0 Å². The number of aliphatic carboxylic acids is 1. The molecule has 20 heavy (non-hydrogen) atoms.